The smallest absolute Gasteiger partial charge is 0.0576 e. The third-order valence-corrected chi connectivity index (χ3v) is 3.41. The van der Waals surface area contributed by atoms with Crippen molar-refractivity contribution in [1.82, 2.24) is 10.3 Å². The lowest BCUT2D eigenvalue weighted by molar-refractivity contribution is 0.517. The summed E-state index contributed by atoms with van der Waals surface area (Å²) >= 11 is 0. The summed E-state index contributed by atoms with van der Waals surface area (Å²) in [4.78, 5) is 4.51. The lowest BCUT2D eigenvalue weighted by atomic mass is 9.99. The van der Waals surface area contributed by atoms with E-state index in [0.29, 0.717) is 0 Å². The minimum Gasteiger partial charge on any atom is -0.308 e. The summed E-state index contributed by atoms with van der Waals surface area (Å²) < 4.78 is 0. The van der Waals surface area contributed by atoms with E-state index in [-0.39, 0.29) is 6.04 Å². The van der Waals surface area contributed by atoms with Crippen molar-refractivity contribution in [3.05, 3.63) is 65.0 Å². The van der Waals surface area contributed by atoms with Crippen molar-refractivity contribution >= 4 is 0 Å². The van der Waals surface area contributed by atoms with Gasteiger partial charge < -0.3 is 5.32 Å². The van der Waals surface area contributed by atoms with Gasteiger partial charge in [-0.2, -0.15) is 0 Å². The number of nitrogens with one attached hydrogen (secondary N) is 1. The lowest BCUT2D eigenvalue weighted by Crippen LogP contribution is -2.25. The Balaban J connectivity index is 2.19. The maximum absolute atomic E-state index is 4.51. The van der Waals surface area contributed by atoms with Crippen molar-refractivity contribution in [1.29, 1.82) is 0 Å². The fraction of sp³-hybridized carbons (Fsp3) is 0.389. The van der Waals surface area contributed by atoms with Crippen LogP contribution in [0.3, 0.4) is 0 Å². The minimum absolute atomic E-state index is 0.289. The summed E-state index contributed by atoms with van der Waals surface area (Å²) in [5, 5.41) is 3.61. The molecule has 0 aliphatic carbocycles. The molecule has 20 heavy (non-hydrogen) atoms. The molecule has 1 atom stereocenters. The third-order valence-electron chi connectivity index (χ3n) is 3.41. The number of rotatable bonds is 6. The largest absolute Gasteiger partial charge is 0.308 e. The van der Waals surface area contributed by atoms with Gasteiger partial charge in [-0.15, -0.1) is 0 Å². The number of pyridine rings is 1. The standard InChI is InChI=1S/C18H24N2/c1-4-8-19-18(17-7-5-6-9-20-17)13-16-11-14(2)10-15(3)12-16/h5-7,9-12,18-19H,4,8,13H2,1-3H3. The van der Waals surface area contributed by atoms with Gasteiger partial charge in [0.05, 0.1) is 11.7 Å². The topological polar surface area (TPSA) is 24.9 Å². The second-order valence-corrected chi connectivity index (χ2v) is 5.46. The monoisotopic (exact) mass is 268 g/mol. The maximum Gasteiger partial charge on any atom is 0.0576 e. The molecule has 0 fully saturated rings. The molecule has 2 heteroatoms. The maximum atomic E-state index is 4.51. The first-order valence-electron chi connectivity index (χ1n) is 7.40. The molecule has 0 aliphatic rings. The summed E-state index contributed by atoms with van der Waals surface area (Å²) in [7, 11) is 0. The number of nitrogens with zero attached hydrogens (tertiary/aromatic N) is 1. The molecule has 0 saturated heterocycles. The molecule has 2 aromatic rings. The molecule has 1 aromatic carbocycles. The van der Waals surface area contributed by atoms with Crippen LogP contribution in [-0.4, -0.2) is 11.5 Å². The van der Waals surface area contributed by atoms with Gasteiger partial charge in [0.1, 0.15) is 0 Å². The summed E-state index contributed by atoms with van der Waals surface area (Å²) in [6, 6.07) is 13.2. The van der Waals surface area contributed by atoms with Gasteiger partial charge in [0.15, 0.2) is 0 Å². The Kier molecular flexibility index (Phi) is 5.31. The number of aromatic nitrogens is 1. The SMILES string of the molecule is CCCNC(Cc1cc(C)cc(C)c1)c1ccccn1. The first-order chi connectivity index (χ1) is 9.69. The quantitative estimate of drug-likeness (QED) is 0.857. The first kappa shape index (κ1) is 14.7. The predicted molar refractivity (Wildman–Crippen MR) is 84.9 cm³/mol. The van der Waals surface area contributed by atoms with E-state index >= 15 is 0 Å². The Morgan fingerprint density at radius 3 is 2.45 bits per heavy atom. The summed E-state index contributed by atoms with van der Waals surface area (Å²) in [6.45, 7) is 7.53. The molecule has 0 bridgehead atoms. The molecule has 2 rings (SSSR count). The van der Waals surface area contributed by atoms with Crippen molar-refractivity contribution in [2.24, 2.45) is 0 Å². The second-order valence-electron chi connectivity index (χ2n) is 5.46. The number of hydrogen-bond donors (Lipinski definition) is 1. The molecule has 1 heterocycles. The molecule has 0 aliphatic heterocycles. The molecule has 106 valence electrons. The number of benzene rings is 1. The van der Waals surface area contributed by atoms with Crippen LogP contribution >= 0.6 is 0 Å². The van der Waals surface area contributed by atoms with Crippen molar-refractivity contribution < 1.29 is 0 Å². The highest BCUT2D eigenvalue weighted by Crippen LogP contribution is 2.18. The fourth-order valence-electron chi connectivity index (χ4n) is 2.60. The highest BCUT2D eigenvalue weighted by Gasteiger charge is 2.12. The van der Waals surface area contributed by atoms with E-state index in [2.05, 4.69) is 61.4 Å². The Morgan fingerprint density at radius 2 is 1.85 bits per heavy atom. The van der Waals surface area contributed by atoms with Gasteiger partial charge >= 0.3 is 0 Å². The van der Waals surface area contributed by atoms with E-state index in [0.717, 1.165) is 25.1 Å². The van der Waals surface area contributed by atoms with E-state index in [9.17, 15) is 0 Å². The molecule has 0 spiro atoms. The molecule has 0 amide bonds. The van der Waals surface area contributed by atoms with Crippen LogP contribution in [0, 0.1) is 13.8 Å². The van der Waals surface area contributed by atoms with Crippen molar-refractivity contribution in [3.8, 4) is 0 Å². The molecular formula is C18H24N2. The normalized spacial score (nSPS) is 12.3. The lowest BCUT2D eigenvalue weighted by Gasteiger charge is -2.18. The second kappa shape index (κ2) is 7.20. The van der Waals surface area contributed by atoms with Gasteiger partial charge in [-0.25, -0.2) is 0 Å². The van der Waals surface area contributed by atoms with E-state index in [4.69, 9.17) is 0 Å². The Morgan fingerprint density at radius 1 is 1.10 bits per heavy atom. The van der Waals surface area contributed by atoms with Crippen LogP contribution in [0.15, 0.2) is 42.6 Å². The molecule has 0 saturated carbocycles. The van der Waals surface area contributed by atoms with E-state index in [1.54, 1.807) is 0 Å². The molecular weight excluding hydrogens is 244 g/mol. The van der Waals surface area contributed by atoms with Crippen molar-refractivity contribution in [2.75, 3.05) is 6.54 Å². The van der Waals surface area contributed by atoms with E-state index in [1.807, 2.05) is 12.3 Å². The van der Waals surface area contributed by atoms with Gasteiger partial charge in [0.25, 0.3) is 0 Å². The van der Waals surface area contributed by atoms with Gasteiger partial charge in [-0.1, -0.05) is 42.3 Å². The number of aryl methyl sites for hydroxylation is 2. The Hall–Kier alpha value is -1.67. The molecule has 0 radical (unpaired) electrons. The highest BCUT2D eigenvalue weighted by molar-refractivity contribution is 5.30. The molecule has 2 nitrogen and oxygen atoms in total. The van der Waals surface area contributed by atoms with Crippen LogP contribution in [0.2, 0.25) is 0 Å². The molecule has 1 unspecified atom stereocenters. The predicted octanol–water partition coefficient (Wildman–Crippen LogP) is 3.98. The molecule has 1 aromatic heterocycles. The third kappa shape index (κ3) is 4.17. The average Bonchev–Trinajstić information content (AvgIpc) is 2.43. The van der Waals surface area contributed by atoms with Crippen LogP contribution in [0.1, 0.15) is 41.8 Å². The van der Waals surface area contributed by atoms with E-state index < -0.39 is 0 Å². The zero-order valence-corrected chi connectivity index (χ0v) is 12.7. The fourth-order valence-corrected chi connectivity index (χ4v) is 2.60. The van der Waals surface area contributed by atoms with Crippen LogP contribution < -0.4 is 5.32 Å². The average molecular weight is 268 g/mol. The minimum atomic E-state index is 0.289. The molecule has 1 N–H and O–H groups in total. The van der Waals surface area contributed by atoms with Crippen LogP contribution in [0.25, 0.3) is 0 Å². The summed E-state index contributed by atoms with van der Waals surface area (Å²) in [5.74, 6) is 0. The zero-order chi connectivity index (χ0) is 14.4. The van der Waals surface area contributed by atoms with Crippen molar-refractivity contribution in [3.63, 3.8) is 0 Å². The van der Waals surface area contributed by atoms with Crippen molar-refractivity contribution in [2.45, 2.75) is 39.7 Å². The zero-order valence-electron chi connectivity index (χ0n) is 12.7. The number of hydrogen-bond acceptors (Lipinski definition) is 2. The van der Waals surface area contributed by atoms with Crippen LogP contribution in [0.4, 0.5) is 0 Å². The van der Waals surface area contributed by atoms with Crippen LogP contribution in [-0.2, 0) is 6.42 Å². The van der Waals surface area contributed by atoms with E-state index in [1.165, 1.54) is 16.7 Å². The Labute approximate surface area is 122 Å². The van der Waals surface area contributed by atoms with Gasteiger partial charge in [0, 0.05) is 6.20 Å². The van der Waals surface area contributed by atoms with Gasteiger partial charge in [0.2, 0.25) is 0 Å². The first-order valence-corrected chi connectivity index (χ1v) is 7.40. The highest BCUT2D eigenvalue weighted by atomic mass is 14.9. The summed E-state index contributed by atoms with van der Waals surface area (Å²) in [6.07, 6.45) is 3.99. The van der Waals surface area contributed by atoms with Gasteiger partial charge in [-0.05, 0) is 50.9 Å². The van der Waals surface area contributed by atoms with Gasteiger partial charge in [-0.3, -0.25) is 4.98 Å². The van der Waals surface area contributed by atoms with Crippen LogP contribution in [0.5, 0.6) is 0 Å². The summed E-state index contributed by atoms with van der Waals surface area (Å²) in [5.41, 5.74) is 5.16. The Bertz CT molecular complexity index is 514.